The topological polar surface area (TPSA) is 70.7 Å². The molecule has 0 spiro atoms. The highest BCUT2D eigenvalue weighted by molar-refractivity contribution is 5.67. The third-order valence-electron chi connectivity index (χ3n) is 3.47. The number of hydrogen-bond donors (Lipinski definition) is 1. The zero-order chi connectivity index (χ0) is 16.9. The van der Waals surface area contributed by atoms with Gasteiger partial charge in [0.25, 0.3) is 0 Å². The van der Waals surface area contributed by atoms with Gasteiger partial charge in [-0.15, -0.1) is 0 Å². The van der Waals surface area contributed by atoms with E-state index in [0.29, 0.717) is 5.69 Å². The van der Waals surface area contributed by atoms with E-state index in [1.807, 2.05) is 30.3 Å². The van der Waals surface area contributed by atoms with E-state index < -0.39 is 0 Å². The van der Waals surface area contributed by atoms with E-state index in [2.05, 4.69) is 10.4 Å². The molecule has 1 N–H and O–H groups in total. The maximum Gasteiger partial charge on any atom is 0.163 e. The summed E-state index contributed by atoms with van der Waals surface area (Å²) in [7, 11) is 0. The zero-order valence-corrected chi connectivity index (χ0v) is 12.6. The van der Waals surface area contributed by atoms with Crippen molar-refractivity contribution in [1.29, 1.82) is 5.26 Å². The van der Waals surface area contributed by atoms with E-state index in [4.69, 9.17) is 5.26 Å². The molecule has 0 amide bonds. The molecule has 3 rings (SSSR count). The van der Waals surface area contributed by atoms with Gasteiger partial charge in [-0.05, 0) is 36.4 Å². The Bertz CT molecular complexity index is 892. The van der Waals surface area contributed by atoms with Crippen molar-refractivity contribution in [2.45, 2.75) is 0 Å². The van der Waals surface area contributed by atoms with Gasteiger partial charge in [-0.25, -0.2) is 9.07 Å². The first-order valence-electron chi connectivity index (χ1n) is 7.25. The third-order valence-corrected chi connectivity index (χ3v) is 3.47. The molecule has 1 aromatic heterocycles. The van der Waals surface area contributed by atoms with E-state index in [9.17, 15) is 9.18 Å². The number of rotatable bonds is 5. The summed E-state index contributed by atoms with van der Waals surface area (Å²) in [6.45, 7) is 0.242. The Labute approximate surface area is 138 Å². The van der Waals surface area contributed by atoms with Gasteiger partial charge in [0.1, 0.15) is 18.2 Å². The minimum atomic E-state index is -0.335. The fraction of sp³-hybridized carbons (Fsp3) is 0.0556. The van der Waals surface area contributed by atoms with E-state index in [1.165, 1.54) is 12.1 Å². The molecule has 2 aromatic carbocycles. The van der Waals surface area contributed by atoms with Crippen LogP contribution >= 0.6 is 0 Å². The Morgan fingerprint density at radius 2 is 1.88 bits per heavy atom. The van der Waals surface area contributed by atoms with Gasteiger partial charge in [-0.3, -0.25) is 0 Å². The molecular weight excluding hydrogens is 307 g/mol. The first-order chi connectivity index (χ1) is 11.7. The summed E-state index contributed by atoms with van der Waals surface area (Å²) in [6.07, 6.45) is 0.788. The van der Waals surface area contributed by atoms with Crippen molar-refractivity contribution in [3.05, 3.63) is 66.1 Å². The van der Waals surface area contributed by atoms with E-state index >= 15 is 0 Å². The Balaban J connectivity index is 2.01. The minimum Gasteiger partial charge on any atom is -0.378 e. The molecule has 118 valence electrons. The molecule has 0 aliphatic heterocycles. The summed E-state index contributed by atoms with van der Waals surface area (Å²) in [5.41, 5.74) is 3.33. The second-order valence-electron chi connectivity index (χ2n) is 5.04. The number of halogens is 1. The Morgan fingerprint density at radius 1 is 1.17 bits per heavy atom. The Kier molecular flexibility index (Phi) is 4.34. The summed E-state index contributed by atoms with van der Waals surface area (Å²) in [4.78, 5) is 10.4. The number of nitrogens with one attached hydrogen (secondary N) is 1. The van der Waals surface area contributed by atoms with Gasteiger partial charge in [0, 0.05) is 17.3 Å². The second kappa shape index (κ2) is 6.75. The van der Waals surface area contributed by atoms with Crippen LogP contribution in [0.1, 0.15) is 5.69 Å². The summed E-state index contributed by atoms with van der Waals surface area (Å²) in [6, 6.07) is 17.0. The van der Waals surface area contributed by atoms with Crippen molar-refractivity contribution in [1.82, 2.24) is 9.78 Å². The standard InChI is InChI=1S/C18H13FN4O/c19-14-3-7-17(8-4-14)23-18(11-16(12-20)22-23)13-1-5-15(6-2-13)21-9-10-24/h1-8,10-11,21H,9H2. The van der Waals surface area contributed by atoms with Gasteiger partial charge in [0.2, 0.25) is 0 Å². The molecule has 0 unspecified atom stereocenters. The molecule has 0 aliphatic carbocycles. The summed E-state index contributed by atoms with van der Waals surface area (Å²) in [5.74, 6) is -0.335. The van der Waals surface area contributed by atoms with Crippen molar-refractivity contribution < 1.29 is 9.18 Å². The molecular formula is C18H13FN4O. The van der Waals surface area contributed by atoms with Crippen LogP contribution in [0.15, 0.2) is 54.6 Å². The predicted molar refractivity (Wildman–Crippen MR) is 88.2 cm³/mol. The number of hydrogen-bond acceptors (Lipinski definition) is 4. The SMILES string of the molecule is N#Cc1cc(-c2ccc(NCC=O)cc2)n(-c2ccc(F)cc2)n1. The van der Waals surface area contributed by atoms with Crippen LogP contribution in [0.25, 0.3) is 16.9 Å². The van der Waals surface area contributed by atoms with E-state index in [-0.39, 0.29) is 18.1 Å². The number of anilines is 1. The van der Waals surface area contributed by atoms with Crippen LogP contribution in [0, 0.1) is 17.1 Å². The summed E-state index contributed by atoms with van der Waals surface area (Å²) in [5, 5.41) is 16.3. The van der Waals surface area contributed by atoms with Crippen molar-refractivity contribution in [3.8, 4) is 23.0 Å². The van der Waals surface area contributed by atoms with Gasteiger partial charge in [0.05, 0.1) is 17.9 Å². The number of carbonyl (C=O) groups is 1. The number of nitrogens with zero attached hydrogens (tertiary/aromatic N) is 3. The van der Waals surface area contributed by atoms with Crippen LogP contribution in [0.3, 0.4) is 0 Å². The lowest BCUT2D eigenvalue weighted by molar-refractivity contribution is -0.106. The van der Waals surface area contributed by atoms with Crippen molar-refractivity contribution in [2.24, 2.45) is 0 Å². The van der Waals surface area contributed by atoms with E-state index in [0.717, 1.165) is 23.2 Å². The Hall–Kier alpha value is -3.46. The highest BCUT2D eigenvalue weighted by atomic mass is 19.1. The largest absolute Gasteiger partial charge is 0.378 e. The average molecular weight is 320 g/mol. The highest BCUT2D eigenvalue weighted by Gasteiger charge is 2.11. The van der Waals surface area contributed by atoms with Crippen LogP contribution in [0.5, 0.6) is 0 Å². The van der Waals surface area contributed by atoms with Gasteiger partial charge in [-0.1, -0.05) is 12.1 Å². The molecule has 0 saturated carbocycles. The number of aldehydes is 1. The average Bonchev–Trinajstić information content (AvgIpc) is 3.05. The van der Waals surface area contributed by atoms with Crippen LogP contribution in [-0.4, -0.2) is 22.6 Å². The molecule has 6 heteroatoms. The monoisotopic (exact) mass is 320 g/mol. The molecule has 1 heterocycles. The summed E-state index contributed by atoms with van der Waals surface area (Å²) >= 11 is 0. The van der Waals surface area contributed by atoms with Gasteiger partial charge in [0.15, 0.2) is 5.69 Å². The summed E-state index contributed by atoms with van der Waals surface area (Å²) < 4.78 is 14.7. The number of benzene rings is 2. The van der Waals surface area contributed by atoms with Crippen molar-refractivity contribution in [3.63, 3.8) is 0 Å². The normalized spacial score (nSPS) is 10.2. The molecule has 24 heavy (non-hydrogen) atoms. The minimum absolute atomic E-state index is 0.242. The van der Waals surface area contributed by atoms with Crippen LogP contribution in [-0.2, 0) is 4.79 Å². The lowest BCUT2D eigenvalue weighted by Gasteiger charge is -2.09. The highest BCUT2D eigenvalue weighted by Crippen LogP contribution is 2.25. The van der Waals surface area contributed by atoms with Crippen molar-refractivity contribution in [2.75, 3.05) is 11.9 Å². The Morgan fingerprint density at radius 3 is 2.50 bits per heavy atom. The number of carbonyl (C=O) groups excluding carboxylic acids is 1. The predicted octanol–water partition coefficient (Wildman–Crippen LogP) is 3.16. The smallest absolute Gasteiger partial charge is 0.163 e. The molecule has 0 fully saturated rings. The third kappa shape index (κ3) is 3.15. The fourth-order valence-corrected chi connectivity index (χ4v) is 2.34. The fourth-order valence-electron chi connectivity index (χ4n) is 2.34. The maximum absolute atomic E-state index is 13.1. The number of aromatic nitrogens is 2. The van der Waals surface area contributed by atoms with Crippen LogP contribution in [0.4, 0.5) is 10.1 Å². The van der Waals surface area contributed by atoms with Gasteiger partial charge in [-0.2, -0.15) is 10.4 Å². The molecule has 0 radical (unpaired) electrons. The van der Waals surface area contributed by atoms with E-state index in [1.54, 1.807) is 22.9 Å². The molecule has 0 bridgehead atoms. The molecule has 0 saturated heterocycles. The van der Waals surface area contributed by atoms with Crippen LogP contribution < -0.4 is 5.32 Å². The maximum atomic E-state index is 13.1. The first-order valence-corrected chi connectivity index (χ1v) is 7.25. The zero-order valence-electron chi connectivity index (χ0n) is 12.6. The quantitative estimate of drug-likeness (QED) is 0.733. The molecule has 0 aliphatic rings. The lowest BCUT2D eigenvalue weighted by Crippen LogP contribution is -2.02. The second-order valence-corrected chi connectivity index (χ2v) is 5.04. The van der Waals surface area contributed by atoms with Gasteiger partial charge >= 0.3 is 0 Å². The molecule has 3 aromatic rings. The van der Waals surface area contributed by atoms with Gasteiger partial charge < -0.3 is 10.1 Å². The lowest BCUT2D eigenvalue weighted by atomic mass is 10.1. The first kappa shape index (κ1) is 15.4. The molecule has 5 nitrogen and oxygen atoms in total. The van der Waals surface area contributed by atoms with Crippen molar-refractivity contribution >= 4 is 12.0 Å². The molecule has 0 atom stereocenters. The number of nitriles is 1. The van der Waals surface area contributed by atoms with Crippen LogP contribution in [0.2, 0.25) is 0 Å².